The van der Waals surface area contributed by atoms with Crippen molar-refractivity contribution in [2.24, 2.45) is 0 Å². The second kappa shape index (κ2) is 9.08. The number of unbranched alkanes of at least 4 members (excludes halogenated alkanes) is 3. The Morgan fingerprint density at radius 3 is 2.63 bits per heavy atom. The molecule has 1 rings (SSSR count). The Balaban J connectivity index is 2.49. The zero-order chi connectivity index (χ0) is 14.1. The van der Waals surface area contributed by atoms with Crippen LogP contribution in [0.4, 0.5) is 0 Å². The molecular formula is C15H30N4. The molecule has 1 N–H and O–H groups in total. The lowest BCUT2D eigenvalue weighted by Crippen LogP contribution is -2.32. The lowest BCUT2D eigenvalue weighted by molar-refractivity contribution is 0.430. The summed E-state index contributed by atoms with van der Waals surface area (Å²) in [6.07, 6.45) is 9.19. The summed E-state index contributed by atoms with van der Waals surface area (Å²) in [5, 5.41) is 7.90. The topological polar surface area (TPSA) is 42.7 Å². The molecule has 0 saturated carbocycles. The van der Waals surface area contributed by atoms with Crippen molar-refractivity contribution in [2.75, 3.05) is 6.54 Å². The average molecular weight is 266 g/mol. The van der Waals surface area contributed by atoms with Gasteiger partial charge in [-0.3, -0.25) is 0 Å². The van der Waals surface area contributed by atoms with Crippen molar-refractivity contribution in [3.8, 4) is 0 Å². The molecule has 0 saturated heterocycles. The fraction of sp³-hybridized carbons (Fsp3) is 0.867. The second-order valence-corrected chi connectivity index (χ2v) is 5.52. The van der Waals surface area contributed by atoms with Gasteiger partial charge in [-0.15, -0.1) is 0 Å². The van der Waals surface area contributed by atoms with Crippen molar-refractivity contribution in [1.29, 1.82) is 0 Å². The normalized spacial score (nSPS) is 13.1. The summed E-state index contributed by atoms with van der Waals surface area (Å²) < 4.78 is 2.04. The van der Waals surface area contributed by atoms with Gasteiger partial charge in [-0.2, -0.15) is 5.10 Å². The molecular weight excluding hydrogens is 236 g/mol. The molecule has 110 valence electrons. The number of rotatable bonds is 10. The third-order valence-corrected chi connectivity index (χ3v) is 3.46. The molecule has 19 heavy (non-hydrogen) atoms. The molecule has 0 amide bonds. The van der Waals surface area contributed by atoms with Crippen LogP contribution >= 0.6 is 0 Å². The molecule has 0 aliphatic carbocycles. The van der Waals surface area contributed by atoms with Crippen LogP contribution in [0.25, 0.3) is 0 Å². The number of nitrogens with zero attached hydrogens (tertiary/aromatic N) is 3. The number of hydrogen-bond acceptors (Lipinski definition) is 3. The monoisotopic (exact) mass is 266 g/mol. The molecule has 0 aliphatic rings. The largest absolute Gasteiger partial charge is 0.314 e. The first kappa shape index (κ1) is 16.2. The number of aromatic nitrogens is 3. The predicted molar refractivity (Wildman–Crippen MR) is 80.3 cm³/mol. The maximum absolute atomic E-state index is 4.42. The minimum atomic E-state index is 0.389. The van der Waals surface area contributed by atoms with Gasteiger partial charge in [0.2, 0.25) is 0 Å². The molecule has 1 heterocycles. The molecule has 0 radical (unpaired) electrons. The molecule has 1 aromatic rings. The quantitative estimate of drug-likeness (QED) is 0.660. The zero-order valence-corrected chi connectivity index (χ0v) is 13.0. The van der Waals surface area contributed by atoms with E-state index in [0.29, 0.717) is 12.1 Å². The first-order chi connectivity index (χ1) is 9.19. The van der Waals surface area contributed by atoms with Gasteiger partial charge in [0, 0.05) is 18.5 Å². The maximum Gasteiger partial charge on any atom is 0.138 e. The third-order valence-electron chi connectivity index (χ3n) is 3.46. The van der Waals surface area contributed by atoms with Gasteiger partial charge in [-0.1, -0.05) is 39.5 Å². The molecule has 4 heteroatoms. The van der Waals surface area contributed by atoms with Gasteiger partial charge in [-0.25, -0.2) is 9.67 Å². The Labute approximate surface area is 118 Å². The van der Waals surface area contributed by atoms with Gasteiger partial charge < -0.3 is 5.32 Å². The first-order valence-corrected chi connectivity index (χ1v) is 7.80. The van der Waals surface area contributed by atoms with Crippen LogP contribution in [0, 0.1) is 0 Å². The summed E-state index contributed by atoms with van der Waals surface area (Å²) >= 11 is 0. The van der Waals surface area contributed by atoms with E-state index < -0.39 is 0 Å². The number of hydrogen-bond donors (Lipinski definition) is 1. The first-order valence-electron chi connectivity index (χ1n) is 7.80. The van der Waals surface area contributed by atoms with Gasteiger partial charge in [0.1, 0.15) is 12.2 Å². The van der Waals surface area contributed by atoms with Crippen LogP contribution in [-0.4, -0.2) is 27.4 Å². The Kier molecular flexibility index (Phi) is 7.72. The summed E-state index contributed by atoms with van der Waals surface area (Å²) in [7, 11) is 0. The van der Waals surface area contributed by atoms with Crippen LogP contribution in [0.15, 0.2) is 6.33 Å². The summed E-state index contributed by atoms with van der Waals surface area (Å²) in [6, 6.07) is 0.920. The number of nitrogens with one attached hydrogen (secondary N) is 1. The van der Waals surface area contributed by atoms with Crippen LogP contribution in [0.3, 0.4) is 0 Å². The van der Waals surface area contributed by atoms with E-state index in [4.69, 9.17) is 0 Å². The fourth-order valence-electron chi connectivity index (χ4n) is 2.45. The molecule has 4 nitrogen and oxygen atoms in total. The summed E-state index contributed by atoms with van der Waals surface area (Å²) in [4.78, 5) is 4.42. The maximum atomic E-state index is 4.42. The lowest BCUT2D eigenvalue weighted by Gasteiger charge is -2.18. The van der Waals surface area contributed by atoms with Gasteiger partial charge in [0.25, 0.3) is 0 Å². The van der Waals surface area contributed by atoms with E-state index in [0.717, 1.165) is 18.8 Å². The van der Waals surface area contributed by atoms with Crippen LogP contribution < -0.4 is 5.32 Å². The van der Waals surface area contributed by atoms with Crippen molar-refractivity contribution < 1.29 is 0 Å². The minimum absolute atomic E-state index is 0.389. The minimum Gasteiger partial charge on any atom is -0.314 e. The Bertz CT molecular complexity index is 333. The van der Waals surface area contributed by atoms with Gasteiger partial charge >= 0.3 is 0 Å². The van der Waals surface area contributed by atoms with Gasteiger partial charge in [0.15, 0.2) is 0 Å². The highest BCUT2D eigenvalue weighted by Crippen LogP contribution is 2.12. The smallest absolute Gasteiger partial charge is 0.138 e. The van der Waals surface area contributed by atoms with E-state index in [1.807, 2.05) is 4.68 Å². The molecule has 0 aliphatic heterocycles. The SMILES string of the molecule is CCCCCCC(Cc1ncnn1C(C)C)NCC. The van der Waals surface area contributed by atoms with Crippen LogP contribution in [-0.2, 0) is 6.42 Å². The van der Waals surface area contributed by atoms with Crippen LogP contribution in [0.1, 0.15) is 71.7 Å². The van der Waals surface area contributed by atoms with Crippen LogP contribution in [0.2, 0.25) is 0 Å². The fourth-order valence-corrected chi connectivity index (χ4v) is 2.45. The Hall–Kier alpha value is -0.900. The van der Waals surface area contributed by atoms with Gasteiger partial charge in [-0.05, 0) is 26.8 Å². The molecule has 0 bridgehead atoms. The lowest BCUT2D eigenvalue weighted by atomic mass is 10.0. The molecule has 0 spiro atoms. The highest BCUT2D eigenvalue weighted by atomic mass is 15.3. The predicted octanol–water partition coefficient (Wildman–Crippen LogP) is 3.35. The molecule has 0 aromatic carbocycles. The standard InChI is InChI=1S/C15H30N4/c1-5-7-8-9-10-14(16-6-2)11-15-17-12-18-19(15)13(3)4/h12-14,16H,5-11H2,1-4H3. The Morgan fingerprint density at radius 2 is 2.00 bits per heavy atom. The van der Waals surface area contributed by atoms with Crippen molar-refractivity contribution in [3.63, 3.8) is 0 Å². The summed E-state index contributed by atoms with van der Waals surface area (Å²) in [5.74, 6) is 1.11. The van der Waals surface area contributed by atoms with Crippen molar-refractivity contribution in [2.45, 2.75) is 78.3 Å². The Morgan fingerprint density at radius 1 is 1.21 bits per heavy atom. The van der Waals surface area contributed by atoms with Crippen molar-refractivity contribution >= 4 is 0 Å². The number of likely N-dealkylation sites (N-methyl/N-ethyl adjacent to an activating group) is 1. The van der Waals surface area contributed by atoms with E-state index >= 15 is 0 Å². The second-order valence-electron chi connectivity index (χ2n) is 5.52. The van der Waals surface area contributed by atoms with Gasteiger partial charge in [0.05, 0.1) is 0 Å². The average Bonchev–Trinajstić information content (AvgIpc) is 2.83. The van der Waals surface area contributed by atoms with Crippen molar-refractivity contribution in [1.82, 2.24) is 20.1 Å². The molecule has 1 aromatic heterocycles. The highest BCUT2D eigenvalue weighted by molar-refractivity contribution is 4.91. The van der Waals surface area contributed by atoms with E-state index in [-0.39, 0.29) is 0 Å². The molecule has 1 unspecified atom stereocenters. The van der Waals surface area contributed by atoms with E-state index in [9.17, 15) is 0 Å². The van der Waals surface area contributed by atoms with Crippen molar-refractivity contribution in [3.05, 3.63) is 12.2 Å². The molecule has 1 atom stereocenters. The van der Waals surface area contributed by atoms with E-state index in [2.05, 4.69) is 43.1 Å². The summed E-state index contributed by atoms with van der Waals surface area (Å²) in [5.41, 5.74) is 0. The van der Waals surface area contributed by atoms with E-state index in [1.54, 1.807) is 6.33 Å². The summed E-state index contributed by atoms with van der Waals surface area (Å²) in [6.45, 7) is 9.76. The third kappa shape index (κ3) is 5.72. The molecule has 0 fully saturated rings. The zero-order valence-electron chi connectivity index (χ0n) is 13.0. The van der Waals surface area contributed by atoms with Crippen LogP contribution in [0.5, 0.6) is 0 Å². The highest BCUT2D eigenvalue weighted by Gasteiger charge is 2.14. The van der Waals surface area contributed by atoms with E-state index in [1.165, 1.54) is 32.1 Å².